The van der Waals surface area contributed by atoms with Gasteiger partial charge in [-0.2, -0.15) is 5.10 Å². The first kappa shape index (κ1) is 20.6. The van der Waals surface area contributed by atoms with Crippen LogP contribution >= 0.6 is 0 Å². The molecule has 1 aliphatic heterocycles. The van der Waals surface area contributed by atoms with Crippen molar-refractivity contribution in [2.24, 2.45) is 11.0 Å². The molecule has 0 unspecified atom stereocenters. The number of hydrazone groups is 1. The lowest BCUT2D eigenvalue weighted by atomic mass is 10.1. The number of hydrogen-bond acceptors (Lipinski definition) is 4. The topological polar surface area (TPSA) is 71.0 Å². The van der Waals surface area contributed by atoms with Crippen molar-refractivity contribution in [1.82, 2.24) is 5.43 Å². The normalized spacial score (nSPS) is 16.4. The van der Waals surface area contributed by atoms with Gasteiger partial charge in [0, 0.05) is 18.7 Å². The third-order valence-electron chi connectivity index (χ3n) is 5.04. The number of carbonyl (C=O) groups is 2. The number of ether oxygens (including phenoxy) is 1. The van der Waals surface area contributed by atoms with Crippen LogP contribution < -0.4 is 15.1 Å². The molecule has 6 heteroatoms. The van der Waals surface area contributed by atoms with E-state index in [2.05, 4.69) is 17.5 Å². The molecule has 0 aliphatic carbocycles. The minimum absolute atomic E-state index is 0.0416. The summed E-state index contributed by atoms with van der Waals surface area (Å²) in [5.74, 6) is 0.110. The maximum atomic E-state index is 12.4. The molecule has 6 nitrogen and oxygen atoms in total. The quantitative estimate of drug-likeness (QED) is 0.577. The molecule has 1 saturated heterocycles. The highest BCUT2D eigenvalue weighted by atomic mass is 16.5. The summed E-state index contributed by atoms with van der Waals surface area (Å²) >= 11 is 0. The van der Waals surface area contributed by atoms with E-state index in [1.54, 1.807) is 11.1 Å². The van der Waals surface area contributed by atoms with Crippen LogP contribution in [-0.4, -0.2) is 31.2 Å². The lowest BCUT2D eigenvalue weighted by Gasteiger charge is -2.17. The SMILES string of the molecule is CCCOc1ccc(/C=N\NC(=O)[C@H]2CC(=O)N(c3ccc(C)c(C)c3)C2)cc1. The van der Waals surface area contributed by atoms with Crippen LogP contribution in [0.15, 0.2) is 47.6 Å². The van der Waals surface area contributed by atoms with Gasteiger partial charge in [0.05, 0.1) is 18.7 Å². The molecule has 0 saturated carbocycles. The van der Waals surface area contributed by atoms with E-state index in [0.717, 1.165) is 29.0 Å². The van der Waals surface area contributed by atoms with Gasteiger partial charge in [-0.05, 0) is 73.4 Å². The van der Waals surface area contributed by atoms with Gasteiger partial charge in [0.25, 0.3) is 0 Å². The van der Waals surface area contributed by atoms with Crippen LogP contribution in [0.3, 0.4) is 0 Å². The van der Waals surface area contributed by atoms with E-state index in [0.29, 0.717) is 13.2 Å². The van der Waals surface area contributed by atoms with Gasteiger partial charge in [0.1, 0.15) is 5.75 Å². The average Bonchev–Trinajstić information content (AvgIpc) is 3.11. The van der Waals surface area contributed by atoms with Gasteiger partial charge in [-0.25, -0.2) is 5.43 Å². The fourth-order valence-electron chi connectivity index (χ4n) is 3.16. The molecule has 1 aliphatic rings. The second kappa shape index (κ2) is 9.37. The number of amides is 2. The molecule has 0 spiro atoms. The highest BCUT2D eigenvalue weighted by Crippen LogP contribution is 2.26. The van der Waals surface area contributed by atoms with Gasteiger partial charge in [0.15, 0.2) is 0 Å². The molecule has 3 rings (SSSR count). The first-order valence-corrected chi connectivity index (χ1v) is 9.91. The van der Waals surface area contributed by atoms with E-state index < -0.39 is 5.92 Å². The van der Waals surface area contributed by atoms with Crippen molar-refractivity contribution in [2.75, 3.05) is 18.1 Å². The average molecular weight is 393 g/mol. The predicted octanol–water partition coefficient (Wildman–Crippen LogP) is 3.60. The lowest BCUT2D eigenvalue weighted by molar-refractivity contribution is -0.126. The fourth-order valence-corrected chi connectivity index (χ4v) is 3.16. The second-order valence-corrected chi connectivity index (χ2v) is 7.33. The minimum atomic E-state index is -0.411. The van der Waals surface area contributed by atoms with Crippen LogP contribution in [0, 0.1) is 19.8 Å². The predicted molar refractivity (Wildman–Crippen MR) is 114 cm³/mol. The minimum Gasteiger partial charge on any atom is -0.494 e. The van der Waals surface area contributed by atoms with E-state index in [4.69, 9.17) is 4.74 Å². The van der Waals surface area contributed by atoms with Crippen LogP contribution in [0.4, 0.5) is 5.69 Å². The Morgan fingerprint density at radius 2 is 1.97 bits per heavy atom. The van der Waals surface area contributed by atoms with Gasteiger partial charge < -0.3 is 9.64 Å². The molecule has 1 atom stereocenters. The maximum absolute atomic E-state index is 12.4. The third kappa shape index (κ3) is 5.22. The monoisotopic (exact) mass is 393 g/mol. The van der Waals surface area contributed by atoms with Crippen molar-refractivity contribution >= 4 is 23.7 Å². The van der Waals surface area contributed by atoms with Gasteiger partial charge in [0.2, 0.25) is 11.8 Å². The standard InChI is InChI=1S/C23H27N3O3/c1-4-11-29-21-9-6-18(7-10-21)14-24-25-23(28)19-13-22(27)26(15-19)20-8-5-16(2)17(3)12-20/h5-10,12,14,19H,4,11,13,15H2,1-3H3,(H,25,28)/b24-14-/t19-/m0/s1. The maximum Gasteiger partial charge on any atom is 0.245 e. The number of hydrogen-bond donors (Lipinski definition) is 1. The van der Waals surface area contributed by atoms with E-state index in [1.165, 1.54) is 5.56 Å². The number of aryl methyl sites for hydroxylation is 2. The van der Waals surface area contributed by atoms with Crippen molar-refractivity contribution in [3.63, 3.8) is 0 Å². The Hall–Kier alpha value is -3.15. The summed E-state index contributed by atoms with van der Waals surface area (Å²) in [6.45, 7) is 7.16. The van der Waals surface area contributed by atoms with Crippen LogP contribution in [0.5, 0.6) is 5.75 Å². The van der Waals surface area contributed by atoms with Crippen LogP contribution in [0.1, 0.15) is 36.5 Å². The van der Waals surface area contributed by atoms with Crippen LogP contribution in [0.25, 0.3) is 0 Å². The van der Waals surface area contributed by atoms with Gasteiger partial charge in [-0.1, -0.05) is 13.0 Å². The van der Waals surface area contributed by atoms with Gasteiger partial charge >= 0.3 is 0 Å². The molecule has 2 aromatic rings. The molecular weight excluding hydrogens is 366 g/mol. The molecule has 0 bridgehead atoms. The van der Waals surface area contributed by atoms with Crippen molar-refractivity contribution < 1.29 is 14.3 Å². The smallest absolute Gasteiger partial charge is 0.245 e. The van der Waals surface area contributed by atoms with Gasteiger partial charge in [-0.15, -0.1) is 0 Å². The first-order chi connectivity index (χ1) is 14.0. The van der Waals surface area contributed by atoms with E-state index >= 15 is 0 Å². The highest BCUT2D eigenvalue weighted by molar-refractivity contribution is 6.00. The Morgan fingerprint density at radius 1 is 1.21 bits per heavy atom. The zero-order chi connectivity index (χ0) is 20.8. The van der Waals surface area contributed by atoms with Crippen molar-refractivity contribution in [2.45, 2.75) is 33.6 Å². The number of carbonyl (C=O) groups excluding carboxylic acids is 2. The lowest BCUT2D eigenvalue weighted by Crippen LogP contribution is -2.30. The summed E-state index contributed by atoms with van der Waals surface area (Å²) in [6, 6.07) is 13.4. The summed E-state index contributed by atoms with van der Waals surface area (Å²) < 4.78 is 5.54. The Morgan fingerprint density at radius 3 is 2.66 bits per heavy atom. The Balaban J connectivity index is 1.55. The first-order valence-electron chi connectivity index (χ1n) is 9.91. The molecule has 0 aromatic heterocycles. The van der Waals surface area contributed by atoms with Crippen LogP contribution in [-0.2, 0) is 9.59 Å². The van der Waals surface area contributed by atoms with E-state index in [-0.39, 0.29) is 18.2 Å². The number of nitrogens with zero attached hydrogens (tertiary/aromatic N) is 2. The van der Waals surface area contributed by atoms with Crippen molar-refractivity contribution in [3.8, 4) is 5.75 Å². The summed E-state index contributed by atoms with van der Waals surface area (Å²) in [6.07, 6.45) is 2.73. The Bertz CT molecular complexity index is 906. The van der Waals surface area contributed by atoms with E-state index in [9.17, 15) is 9.59 Å². The number of anilines is 1. The summed E-state index contributed by atoms with van der Waals surface area (Å²) in [5, 5.41) is 4.03. The largest absolute Gasteiger partial charge is 0.494 e. The summed E-state index contributed by atoms with van der Waals surface area (Å²) in [7, 11) is 0. The third-order valence-corrected chi connectivity index (χ3v) is 5.04. The molecule has 0 radical (unpaired) electrons. The molecule has 2 amide bonds. The molecule has 29 heavy (non-hydrogen) atoms. The number of rotatable bonds is 7. The zero-order valence-corrected chi connectivity index (χ0v) is 17.1. The highest BCUT2D eigenvalue weighted by Gasteiger charge is 2.35. The Labute approximate surface area is 171 Å². The number of nitrogens with one attached hydrogen (secondary N) is 1. The number of benzene rings is 2. The van der Waals surface area contributed by atoms with Crippen LogP contribution in [0.2, 0.25) is 0 Å². The van der Waals surface area contributed by atoms with Crippen molar-refractivity contribution in [3.05, 3.63) is 59.2 Å². The zero-order valence-electron chi connectivity index (χ0n) is 17.1. The molecule has 1 N–H and O–H groups in total. The summed E-state index contributed by atoms with van der Waals surface area (Å²) in [5.41, 5.74) is 6.54. The van der Waals surface area contributed by atoms with E-state index in [1.807, 2.05) is 56.3 Å². The second-order valence-electron chi connectivity index (χ2n) is 7.33. The molecule has 1 fully saturated rings. The molecule has 152 valence electrons. The van der Waals surface area contributed by atoms with Crippen molar-refractivity contribution in [1.29, 1.82) is 0 Å². The Kier molecular flexibility index (Phi) is 6.65. The molecule has 1 heterocycles. The fraction of sp³-hybridized carbons (Fsp3) is 0.348. The van der Waals surface area contributed by atoms with Gasteiger partial charge in [-0.3, -0.25) is 9.59 Å². The molecule has 2 aromatic carbocycles. The molecular formula is C23H27N3O3. The summed E-state index contributed by atoms with van der Waals surface area (Å²) in [4.78, 5) is 26.5.